The van der Waals surface area contributed by atoms with Crippen molar-refractivity contribution in [1.82, 2.24) is 4.68 Å². The van der Waals surface area contributed by atoms with Crippen molar-refractivity contribution in [3.63, 3.8) is 0 Å². The number of aryl methyl sites for hydroxylation is 1. The molecule has 0 fully saturated rings. The van der Waals surface area contributed by atoms with Gasteiger partial charge in [0.1, 0.15) is 17.0 Å². The van der Waals surface area contributed by atoms with E-state index in [1.807, 2.05) is 19.1 Å². The van der Waals surface area contributed by atoms with E-state index in [2.05, 4.69) is 16.1 Å². The summed E-state index contributed by atoms with van der Waals surface area (Å²) >= 11 is 12.1. The number of hydrogen-bond acceptors (Lipinski definition) is 4. The van der Waals surface area contributed by atoms with Gasteiger partial charge in [-0.2, -0.15) is 0 Å². The van der Waals surface area contributed by atoms with Gasteiger partial charge < -0.3 is 15.4 Å². The molecular formula is C25H20Cl2N4O4. The lowest BCUT2D eigenvalue weighted by atomic mass is 10.2. The van der Waals surface area contributed by atoms with Crippen LogP contribution in [0.1, 0.15) is 16.1 Å². The smallest absolute Gasteiger partial charge is 0.328 e. The van der Waals surface area contributed by atoms with Crippen molar-refractivity contribution in [2.75, 3.05) is 23.2 Å². The average Bonchev–Trinajstić information content (AvgIpc) is 3.20. The number of nitrogens with one attached hydrogen (secondary N) is 3. The van der Waals surface area contributed by atoms with Crippen molar-refractivity contribution >= 4 is 63.2 Å². The van der Waals surface area contributed by atoms with E-state index < -0.39 is 17.7 Å². The van der Waals surface area contributed by atoms with Gasteiger partial charge in [-0.25, -0.2) is 4.68 Å². The Morgan fingerprint density at radius 2 is 1.63 bits per heavy atom. The molecule has 35 heavy (non-hydrogen) atoms. The van der Waals surface area contributed by atoms with Crippen LogP contribution in [-0.4, -0.2) is 29.5 Å². The van der Waals surface area contributed by atoms with Crippen LogP contribution in [0.5, 0.6) is 5.75 Å². The number of nitrogens with zero attached hydrogens (tertiary/aromatic N) is 1. The van der Waals surface area contributed by atoms with Crippen molar-refractivity contribution in [3.8, 4) is 5.75 Å². The lowest BCUT2D eigenvalue weighted by molar-refractivity contribution is -0.133. The molecule has 0 radical (unpaired) electrons. The summed E-state index contributed by atoms with van der Waals surface area (Å²) < 4.78 is 6.64. The highest BCUT2D eigenvalue weighted by atomic mass is 35.5. The molecule has 178 valence electrons. The Hall–Kier alpha value is -4.01. The van der Waals surface area contributed by atoms with Gasteiger partial charge in [-0.3, -0.25) is 19.8 Å². The predicted molar refractivity (Wildman–Crippen MR) is 137 cm³/mol. The molecule has 3 amide bonds. The van der Waals surface area contributed by atoms with E-state index in [0.29, 0.717) is 33.0 Å². The Bertz CT molecular complexity index is 1470. The molecule has 0 unspecified atom stereocenters. The van der Waals surface area contributed by atoms with E-state index in [9.17, 15) is 14.4 Å². The van der Waals surface area contributed by atoms with E-state index >= 15 is 0 Å². The third-order valence-electron chi connectivity index (χ3n) is 5.23. The highest BCUT2D eigenvalue weighted by Gasteiger charge is 2.23. The second-order valence-electron chi connectivity index (χ2n) is 7.55. The molecule has 3 aromatic carbocycles. The van der Waals surface area contributed by atoms with Gasteiger partial charge in [0, 0.05) is 16.1 Å². The number of fused-ring (bicyclic) bond motifs is 1. The van der Waals surface area contributed by atoms with Crippen LogP contribution >= 0.6 is 23.2 Å². The maximum Gasteiger partial charge on any atom is 0.328 e. The van der Waals surface area contributed by atoms with E-state index in [0.717, 1.165) is 5.56 Å². The van der Waals surface area contributed by atoms with Gasteiger partial charge in [0.05, 0.1) is 17.8 Å². The molecule has 0 aliphatic carbocycles. The van der Waals surface area contributed by atoms with Crippen LogP contribution in [0.15, 0.2) is 66.7 Å². The van der Waals surface area contributed by atoms with Crippen LogP contribution < -0.4 is 20.8 Å². The summed E-state index contributed by atoms with van der Waals surface area (Å²) in [7, 11) is 1.46. The Morgan fingerprint density at radius 1 is 0.857 bits per heavy atom. The number of anilines is 2. The van der Waals surface area contributed by atoms with Gasteiger partial charge in [-0.1, -0.05) is 53.5 Å². The zero-order valence-corrected chi connectivity index (χ0v) is 20.2. The predicted octanol–water partition coefficient (Wildman–Crippen LogP) is 5.23. The van der Waals surface area contributed by atoms with Gasteiger partial charge >= 0.3 is 11.8 Å². The fraction of sp³-hybridized carbons (Fsp3) is 0.0800. The van der Waals surface area contributed by atoms with Crippen LogP contribution in [0.25, 0.3) is 10.9 Å². The van der Waals surface area contributed by atoms with Crippen molar-refractivity contribution in [2.45, 2.75) is 6.92 Å². The minimum atomic E-state index is -0.977. The SMILES string of the molecule is COc1cccc2cc(C(=O)Nc3ccc(Cl)cc3Cl)n(NC(=O)C(=O)Nc3ccccc3C)c12. The summed E-state index contributed by atoms with van der Waals surface area (Å²) in [5.74, 6) is -2.06. The van der Waals surface area contributed by atoms with Crippen LogP contribution in [0.2, 0.25) is 10.0 Å². The number of carbonyl (C=O) groups is 3. The molecule has 0 atom stereocenters. The maximum absolute atomic E-state index is 13.2. The summed E-state index contributed by atoms with van der Waals surface area (Å²) in [5, 5.41) is 6.54. The highest BCUT2D eigenvalue weighted by Crippen LogP contribution is 2.30. The normalized spacial score (nSPS) is 10.6. The monoisotopic (exact) mass is 510 g/mol. The van der Waals surface area contributed by atoms with E-state index in [-0.39, 0.29) is 10.7 Å². The van der Waals surface area contributed by atoms with Crippen LogP contribution in [0, 0.1) is 6.92 Å². The third-order valence-corrected chi connectivity index (χ3v) is 5.78. The number of para-hydroxylation sites is 2. The van der Waals surface area contributed by atoms with Crippen LogP contribution in [0.3, 0.4) is 0 Å². The van der Waals surface area contributed by atoms with E-state index in [4.69, 9.17) is 27.9 Å². The minimum Gasteiger partial charge on any atom is -0.494 e. The summed E-state index contributed by atoms with van der Waals surface area (Å²) in [6, 6.07) is 18.4. The first-order chi connectivity index (χ1) is 16.8. The molecule has 0 aliphatic heterocycles. The molecule has 0 bridgehead atoms. The van der Waals surface area contributed by atoms with Crippen molar-refractivity contribution in [3.05, 3.63) is 88.0 Å². The molecule has 0 saturated carbocycles. The molecular weight excluding hydrogens is 491 g/mol. The Kier molecular flexibility index (Phi) is 6.95. The largest absolute Gasteiger partial charge is 0.494 e. The van der Waals surface area contributed by atoms with Crippen molar-refractivity contribution in [1.29, 1.82) is 0 Å². The molecule has 4 rings (SSSR count). The van der Waals surface area contributed by atoms with Gasteiger partial charge in [-0.05, 0) is 48.9 Å². The van der Waals surface area contributed by atoms with Crippen LogP contribution in [-0.2, 0) is 9.59 Å². The Labute approximate surface area is 210 Å². The molecule has 8 nitrogen and oxygen atoms in total. The summed E-state index contributed by atoms with van der Waals surface area (Å²) in [4.78, 5) is 38.7. The second kappa shape index (κ2) is 10.1. The highest BCUT2D eigenvalue weighted by molar-refractivity contribution is 6.42. The van der Waals surface area contributed by atoms with Gasteiger partial charge in [0.2, 0.25) is 0 Å². The number of amides is 3. The molecule has 0 spiro atoms. The fourth-order valence-corrected chi connectivity index (χ4v) is 3.95. The number of ether oxygens (including phenoxy) is 1. The molecule has 10 heteroatoms. The Balaban J connectivity index is 1.69. The number of rotatable bonds is 5. The summed E-state index contributed by atoms with van der Waals surface area (Å²) in [5.41, 5.74) is 4.58. The first kappa shape index (κ1) is 24.1. The number of benzene rings is 3. The minimum absolute atomic E-state index is 0.0487. The lowest BCUT2D eigenvalue weighted by Crippen LogP contribution is -2.36. The quantitative estimate of drug-likeness (QED) is 0.320. The average molecular weight is 511 g/mol. The Morgan fingerprint density at radius 3 is 2.34 bits per heavy atom. The number of methoxy groups -OCH3 is 1. The lowest BCUT2D eigenvalue weighted by Gasteiger charge is -2.15. The molecule has 1 heterocycles. The first-order valence-corrected chi connectivity index (χ1v) is 11.2. The molecule has 0 saturated heterocycles. The summed E-state index contributed by atoms with van der Waals surface area (Å²) in [6.45, 7) is 1.81. The van der Waals surface area contributed by atoms with E-state index in [1.54, 1.807) is 48.5 Å². The number of aromatic nitrogens is 1. The maximum atomic E-state index is 13.2. The summed E-state index contributed by atoms with van der Waals surface area (Å²) in [6.07, 6.45) is 0. The second-order valence-corrected chi connectivity index (χ2v) is 8.39. The molecule has 0 aliphatic rings. The molecule has 1 aromatic heterocycles. The number of halogens is 2. The van der Waals surface area contributed by atoms with Gasteiger partial charge in [0.25, 0.3) is 5.91 Å². The van der Waals surface area contributed by atoms with Gasteiger partial charge in [-0.15, -0.1) is 0 Å². The zero-order valence-electron chi connectivity index (χ0n) is 18.7. The van der Waals surface area contributed by atoms with Crippen molar-refractivity contribution in [2.24, 2.45) is 0 Å². The third kappa shape index (κ3) is 5.08. The standard InChI is InChI=1S/C25H20Cl2N4O4/c1-14-6-3-4-8-18(14)28-24(33)25(34)30-31-20(12-15-7-5-9-21(35-2)22(15)31)23(32)29-19-11-10-16(26)13-17(19)27/h3-13H,1-2H3,(H,28,33)(H,29,32)(H,30,34). The van der Waals surface area contributed by atoms with Crippen LogP contribution in [0.4, 0.5) is 11.4 Å². The van der Waals surface area contributed by atoms with E-state index in [1.165, 1.54) is 17.9 Å². The van der Waals surface area contributed by atoms with Crippen molar-refractivity contribution < 1.29 is 19.1 Å². The fourth-order valence-electron chi connectivity index (χ4n) is 3.50. The zero-order chi connectivity index (χ0) is 25.1. The number of hydrogen-bond donors (Lipinski definition) is 3. The number of carbonyl (C=O) groups excluding carboxylic acids is 3. The molecule has 3 N–H and O–H groups in total. The topological polar surface area (TPSA) is 101 Å². The molecule has 4 aromatic rings. The first-order valence-electron chi connectivity index (χ1n) is 10.4. The van der Waals surface area contributed by atoms with Gasteiger partial charge in [0.15, 0.2) is 0 Å².